The minimum atomic E-state index is -1.10. The summed E-state index contributed by atoms with van der Waals surface area (Å²) >= 11 is 0. The molecule has 0 saturated carbocycles. The van der Waals surface area contributed by atoms with Gasteiger partial charge in [0.25, 0.3) is 0 Å². The van der Waals surface area contributed by atoms with Gasteiger partial charge in [0.2, 0.25) is 11.6 Å². The van der Waals surface area contributed by atoms with Gasteiger partial charge >= 0.3 is 0 Å². The van der Waals surface area contributed by atoms with Crippen LogP contribution in [0.15, 0.2) is 48.5 Å². The summed E-state index contributed by atoms with van der Waals surface area (Å²) in [6.45, 7) is 3.84. The van der Waals surface area contributed by atoms with Crippen LogP contribution in [0.2, 0.25) is 0 Å². The smallest absolute Gasteiger partial charge is 0.201 e. The molecule has 2 nitrogen and oxygen atoms in total. The van der Waals surface area contributed by atoms with E-state index in [0.29, 0.717) is 36.8 Å². The van der Waals surface area contributed by atoms with Crippen molar-refractivity contribution < 1.29 is 31.4 Å². The number of hydrogen-bond donors (Lipinski definition) is 0. The lowest BCUT2D eigenvalue weighted by Crippen LogP contribution is -2.09. The van der Waals surface area contributed by atoms with Gasteiger partial charge in [-0.2, -0.15) is 8.78 Å². The number of ether oxygens (including phenoxy) is 2. The van der Waals surface area contributed by atoms with Gasteiger partial charge in [0, 0.05) is 11.1 Å². The fourth-order valence-electron chi connectivity index (χ4n) is 4.75. The predicted molar refractivity (Wildman–Crippen MR) is 134 cm³/mol. The van der Waals surface area contributed by atoms with Crippen LogP contribution >= 0.6 is 0 Å². The summed E-state index contributed by atoms with van der Waals surface area (Å²) in [6.07, 6.45) is 5.16. The first-order valence-corrected chi connectivity index (χ1v) is 12.5. The normalized spacial score (nSPS) is 15.4. The van der Waals surface area contributed by atoms with Crippen LogP contribution in [0.5, 0.6) is 11.5 Å². The van der Waals surface area contributed by atoms with Crippen molar-refractivity contribution in [2.75, 3.05) is 13.2 Å². The zero-order valence-corrected chi connectivity index (χ0v) is 20.9. The SMILES string of the molecule is CCOc1ccc(CCC2CC=C(c3ccc(-c4ccc(OCC)c(F)c4F)cc3F)CC2)c(F)c1F. The lowest BCUT2D eigenvalue weighted by atomic mass is 9.83. The first-order valence-electron chi connectivity index (χ1n) is 12.5. The summed E-state index contributed by atoms with van der Waals surface area (Å²) in [5.41, 5.74) is 1.78. The van der Waals surface area contributed by atoms with E-state index in [9.17, 15) is 17.6 Å². The summed E-state index contributed by atoms with van der Waals surface area (Å²) in [4.78, 5) is 0. The zero-order valence-electron chi connectivity index (χ0n) is 20.9. The monoisotopic (exact) mass is 516 g/mol. The van der Waals surface area contributed by atoms with Crippen molar-refractivity contribution in [1.29, 1.82) is 0 Å². The predicted octanol–water partition coefficient (Wildman–Crippen LogP) is 8.66. The lowest BCUT2D eigenvalue weighted by Gasteiger charge is -2.23. The highest BCUT2D eigenvalue weighted by Crippen LogP contribution is 2.36. The highest BCUT2D eigenvalue weighted by Gasteiger charge is 2.21. The van der Waals surface area contributed by atoms with Gasteiger partial charge < -0.3 is 9.47 Å². The van der Waals surface area contributed by atoms with Gasteiger partial charge in [-0.3, -0.25) is 0 Å². The van der Waals surface area contributed by atoms with Crippen LogP contribution in [0.3, 0.4) is 0 Å². The molecule has 196 valence electrons. The molecule has 37 heavy (non-hydrogen) atoms. The van der Waals surface area contributed by atoms with Crippen LogP contribution in [0, 0.1) is 35.0 Å². The maximum atomic E-state index is 15.0. The minimum Gasteiger partial charge on any atom is -0.491 e. The van der Waals surface area contributed by atoms with Crippen LogP contribution < -0.4 is 9.47 Å². The van der Waals surface area contributed by atoms with E-state index in [1.54, 1.807) is 32.0 Å². The van der Waals surface area contributed by atoms with Crippen molar-refractivity contribution in [3.05, 3.63) is 88.8 Å². The standard InChI is InChI=1S/C30H29F5O2/c1-3-36-25-15-12-20(27(32)29(25)34)10-7-18-5-8-19(9-6-18)22-13-11-21(17-24(22)31)23-14-16-26(37-4-2)30(35)28(23)33/h8,11-18H,3-7,9-10H2,1-2H3. The molecule has 0 aliphatic heterocycles. The van der Waals surface area contributed by atoms with Gasteiger partial charge in [0.05, 0.1) is 13.2 Å². The van der Waals surface area contributed by atoms with E-state index in [0.717, 1.165) is 12.0 Å². The molecule has 3 aromatic rings. The Balaban J connectivity index is 1.42. The van der Waals surface area contributed by atoms with Gasteiger partial charge in [0.15, 0.2) is 23.1 Å². The molecule has 0 bridgehead atoms. The molecular formula is C30H29F5O2. The molecule has 0 saturated heterocycles. The Morgan fingerprint density at radius 1 is 0.757 bits per heavy atom. The van der Waals surface area contributed by atoms with Crippen LogP contribution in [0.1, 0.15) is 50.7 Å². The second-order valence-corrected chi connectivity index (χ2v) is 9.06. The molecule has 0 radical (unpaired) electrons. The quantitative estimate of drug-likeness (QED) is 0.265. The third-order valence-corrected chi connectivity index (χ3v) is 6.74. The molecule has 0 N–H and O–H groups in total. The van der Waals surface area contributed by atoms with E-state index >= 15 is 4.39 Å². The molecule has 4 rings (SSSR count). The van der Waals surface area contributed by atoms with E-state index < -0.39 is 29.1 Å². The highest BCUT2D eigenvalue weighted by atomic mass is 19.2. The van der Waals surface area contributed by atoms with Gasteiger partial charge in [-0.05, 0) is 92.8 Å². The van der Waals surface area contributed by atoms with Crippen molar-refractivity contribution in [2.24, 2.45) is 5.92 Å². The number of allylic oxidation sites excluding steroid dienone is 2. The molecule has 1 atom stereocenters. The summed E-state index contributed by atoms with van der Waals surface area (Å²) < 4.78 is 82.5. The fourth-order valence-corrected chi connectivity index (χ4v) is 4.75. The van der Waals surface area contributed by atoms with Crippen molar-refractivity contribution in [3.63, 3.8) is 0 Å². The topological polar surface area (TPSA) is 18.5 Å². The first-order chi connectivity index (χ1) is 17.8. The summed E-state index contributed by atoms with van der Waals surface area (Å²) in [7, 11) is 0. The van der Waals surface area contributed by atoms with Crippen LogP contribution in [0.25, 0.3) is 16.7 Å². The third-order valence-electron chi connectivity index (χ3n) is 6.74. The van der Waals surface area contributed by atoms with Crippen LogP contribution in [-0.4, -0.2) is 13.2 Å². The van der Waals surface area contributed by atoms with Crippen molar-refractivity contribution in [2.45, 2.75) is 46.0 Å². The molecule has 0 fully saturated rings. The second-order valence-electron chi connectivity index (χ2n) is 9.06. The van der Waals surface area contributed by atoms with E-state index in [2.05, 4.69) is 0 Å². The Morgan fingerprint density at radius 2 is 1.41 bits per heavy atom. The second kappa shape index (κ2) is 11.8. The van der Waals surface area contributed by atoms with E-state index in [1.165, 1.54) is 24.3 Å². The van der Waals surface area contributed by atoms with E-state index in [4.69, 9.17) is 9.47 Å². The number of benzene rings is 3. The highest BCUT2D eigenvalue weighted by molar-refractivity contribution is 5.72. The van der Waals surface area contributed by atoms with Gasteiger partial charge in [-0.15, -0.1) is 0 Å². The molecule has 7 heteroatoms. The van der Waals surface area contributed by atoms with Crippen LogP contribution in [-0.2, 0) is 6.42 Å². The zero-order chi connectivity index (χ0) is 26.5. The molecule has 0 amide bonds. The Kier molecular flexibility index (Phi) is 8.52. The Bertz CT molecular complexity index is 1300. The molecule has 0 heterocycles. The average molecular weight is 517 g/mol. The summed E-state index contributed by atoms with van der Waals surface area (Å²) in [5.74, 6) is -4.53. The molecule has 3 aromatic carbocycles. The maximum Gasteiger partial charge on any atom is 0.201 e. The number of aryl methyl sites for hydroxylation is 1. The Labute approximate surface area is 213 Å². The summed E-state index contributed by atoms with van der Waals surface area (Å²) in [5, 5.41) is 0. The third kappa shape index (κ3) is 5.81. The van der Waals surface area contributed by atoms with E-state index in [1.807, 2.05) is 6.08 Å². The van der Waals surface area contributed by atoms with Gasteiger partial charge in [0.1, 0.15) is 5.82 Å². The number of hydrogen-bond acceptors (Lipinski definition) is 2. The van der Waals surface area contributed by atoms with Gasteiger partial charge in [-0.25, -0.2) is 13.2 Å². The minimum absolute atomic E-state index is 0.0398. The number of rotatable bonds is 9. The molecule has 1 aliphatic rings. The van der Waals surface area contributed by atoms with Gasteiger partial charge in [-0.1, -0.05) is 24.3 Å². The van der Waals surface area contributed by atoms with E-state index in [-0.39, 0.29) is 41.8 Å². The van der Waals surface area contributed by atoms with Crippen molar-refractivity contribution in [1.82, 2.24) is 0 Å². The average Bonchev–Trinajstić information content (AvgIpc) is 2.90. The molecule has 1 unspecified atom stereocenters. The lowest BCUT2D eigenvalue weighted by molar-refractivity contribution is 0.313. The van der Waals surface area contributed by atoms with Crippen molar-refractivity contribution in [3.8, 4) is 22.6 Å². The summed E-state index contributed by atoms with van der Waals surface area (Å²) in [6, 6.07) is 10.1. The number of halogens is 5. The van der Waals surface area contributed by atoms with Crippen LogP contribution in [0.4, 0.5) is 22.0 Å². The fraction of sp³-hybridized carbons (Fsp3) is 0.333. The molecule has 0 aromatic heterocycles. The maximum absolute atomic E-state index is 15.0. The Morgan fingerprint density at radius 3 is 2.03 bits per heavy atom. The molecule has 0 spiro atoms. The first kappa shape index (κ1) is 26.7. The largest absolute Gasteiger partial charge is 0.491 e. The molecule has 1 aliphatic carbocycles. The Hall–Kier alpha value is -3.35. The van der Waals surface area contributed by atoms with Crippen molar-refractivity contribution >= 4 is 5.57 Å². The molecular weight excluding hydrogens is 487 g/mol.